The van der Waals surface area contributed by atoms with Crippen LogP contribution in [-0.4, -0.2) is 47.8 Å². The van der Waals surface area contributed by atoms with Crippen molar-refractivity contribution in [3.8, 4) is 11.5 Å². The van der Waals surface area contributed by atoms with Crippen LogP contribution in [0.3, 0.4) is 0 Å². The monoisotopic (exact) mass is 508 g/mol. The van der Waals surface area contributed by atoms with Gasteiger partial charge in [-0.05, 0) is 48.6 Å². The van der Waals surface area contributed by atoms with Gasteiger partial charge in [0.25, 0.3) is 0 Å². The Morgan fingerprint density at radius 3 is 2.67 bits per heavy atom. The van der Waals surface area contributed by atoms with E-state index < -0.39 is 12.0 Å². The Morgan fingerprint density at radius 1 is 1.17 bits per heavy atom. The lowest BCUT2D eigenvalue weighted by molar-refractivity contribution is -0.139. The van der Waals surface area contributed by atoms with Gasteiger partial charge in [0.2, 0.25) is 5.91 Å². The zero-order valence-corrected chi connectivity index (χ0v) is 21.4. The number of nitrogens with one attached hydrogen (secondary N) is 1. The number of nitrogens with zero attached hydrogens (tertiary/aromatic N) is 3. The third-order valence-electron chi connectivity index (χ3n) is 5.77. The Kier molecular flexibility index (Phi) is 7.94. The molecule has 4 rings (SSSR count). The number of hydrogen-bond donors (Lipinski definition) is 1. The van der Waals surface area contributed by atoms with Crippen LogP contribution in [0.4, 0.5) is 0 Å². The second kappa shape index (κ2) is 11.3. The van der Waals surface area contributed by atoms with Crippen LogP contribution in [-0.2, 0) is 20.9 Å². The molecule has 1 atom stereocenters. The van der Waals surface area contributed by atoms with Gasteiger partial charge in [-0.1, -0.05) is 23.9 Å². The van der Waals surface area contributed by atoms with E-state index in [9.17, 15) is 9.59 Å². The van der Waals surface area contributed by atoms with Gasteiger partial charge in [0, 0.05) is 24.6 Å². The molecule has 188 valence electrons. The fourth-order valence-electron chi connectivity index (χ4n) is 4.11. The molecule has 1 aromatic heterocycles. The Hall–Kier alpha value is -3.79. The summed E-state index contributed by atoms with van der Waals surface area (Å²) in [6.45, 7) is 4.17. The van der Waals surface area contributed by atoms with E-state index in [-0.39, 0.29) is 18.9 Å². The molecule has 10 heteroatoms. The first-order valence-corrected chi connectivity index (χ1v) is 12.3. The molecule has 2 aromatic rings. The summed E-state index contributed by atoms with van der Waals surface area (Å²) in [5, 5.41) is 5.53. The summed E-state index contributed by atoms with van der Waals surface area (Å²) in [7, 11) is 3.13. The van der Waals surface area contributed by atoms with E-state index in [1.807, 2.05) is 34.6 Å². The first-order valence-electron chi connectivity index (χ1n) is 11.5. The Bertz CT molecular complexity index is 1240. The minimum Gasteiger partial charge on any atom is -0.493 e. The van der Waals surface area contributed by atoms with Crippen LogP contribution in [0.1, 0.15) is 37.4 Å². The maximum atomic E-state index is 13.1. The minimum atomic E-state index is -0.552. The summed E-state index contributed by atoms with van der Waals surface area (Å²) in [6, 6.07) is 8.69. The molecule has 0 bridgehead atoms. The van der Waals surface area contributed by atoms with E-state index in [4.69, 9.17) is 14.2 Å². The summed E-state index contributed by atoms with van der Waals surface area (Å²) < 4.78 is 16.3. The molecule has 2 aliphatic rings. The molecule has 0 saturated heterocycles. The number of allylic oxidation sites excluding steroid dienone is 1. The number of amidine groups is 1. The van der Waals surface area contributed by atoms with E-state index in [0.717, 1.165) is 16.8 Å². The van der Waals surface area contributed by atoms with Crippen molar-refractivity contribution in [1.29, 1.82) is 0 Å². The summed E-state index contributed by atoms with van der Waals surface area (Å²) in [5.41, 5.74) is 3.41. The van der Waals surface area contributed by atoms with Crippen LogP contribution in [0.25, 0.3) is 0 Å². The second-order valence-corrected chi connectivity index (χ2v) is 8.88. The van der Waals surface area contributed by atoms with Crippen LogP contribution >= 0.6 is 11.8 Å². The molecule has 3 heterocycles. The molecule has 1 unspecified atom stereocenters. The fraction of sp³-hybridized carbons (Fsp3) is 0.308. The normalized spacial score (nSPS) is 16.7. The van der Waals surface area contributed by atoms with Crippen LogP contribution in [0.2, 0.25) is 0 Å². The highest BCUT2D eigenvalue weighted by Crippen LogP contribution is 2.46. The van der Waals surface area contributed by atoms with Gasteiger partial charge >= 0.3 is 5.97 Å². The molecule has 0 fully saturated rings. The lowest BCUT2D eigenvalue weighted by atomic mass is 9.93. The molecule has 1 aromatic carbocycles. The minimum absolute atomic E-state index is 0.116. The fourth-order valence-corrected chi connectivity index (χ4v) is 5.07. The molecule has 36 heavy (non-hydrogen) atoms. The lowest BCUT2D eigenvalue weighted by Crippen LogP contribution is -2.38. The molecule has 1 amide bonds. The Morgan fingerprint density at radius 2 is 1.97 bits per heavy atom. The zero-order chi connectivity index (χ0) is 25.7. The highest BCUT2D eigenvalue weighted by atomic mass is 32.2. The molecular weight excluding hydrogens is 480 g/mol. The van der Waals surface area contributed by atoms with Crippen LogP contribution in [0.5, 0.6) is 11.5 Å². The number of esters is 1. The predicted octanol–water partition coefficient (Wildman–Crippen LogP) is 3.94. The Labute approximate surface area is 214 Å². The number of aromatic nitrogens is 1. The van der Waals surface area contributed by atoms with E-state index in [1.54, 1.807) is 46.5 Å². The van der Waals surface area contributed by atoms with Crippen molar-refractivity contribution in [1.82, 2.24) is 15.2 Å². The summed E-state index contributed by atoms with van der Waals surface area (Å²) in [6.07, 6.45) is 3.52. The average Bonchev–Trinajstić information content (AvgIpc) is 3.28. The highest BCUT2D eigenvalue weighted by Gasteiger charge is 2.41. The van der Waals surface area contributed by atoms with Gasteiger partial charge in [-0.3, -0.25) is 9.78 Å². The molecule has 9 nitrogen and oxygen atoms in total. The van der Waals surface area contributed by atoms with Crippen molar-refractivity contribution in [3.05, 3.63) is 76.2 Å². The maximum Gasteiger partial charge on any atom is 0.338 e. The number of carbonyl (C=O) groups excluding carboxylic acids is 2. The van der Waals surface area contributed by atoms with E-state index >= 15 is 0 Å². The third kappa shape index (κ3) is 5.23. The highest BCUT2D eigenvalue weighted by molar-refractivity contribution is 8.16. The van der Waals surface area contributed by atoms with Gasteiger partial charge < -0.3 is 24.4 Å². The van der Waals surface area contributed by atoms with Gasteiger partial charge in [0.15, 0.2) is 16.7 Å². The van der Waals surface area contributed by atoms with Crippen LogP contribution in [0, 0.1) is 0 Å². The number of rotatable bonds is 9. The van der Waals surface area contributed by atoms with Crippen molar-refractivity contribution in [2.45, 2.75) is 32.9 Å². The van der Waals surface area contributed by atoms with Crippen LogP contribution in [0.15, 0.2) is 70.1 Å². The number of benzene rings is 1. The molecular formula is C26H28N4O5S. The van der Waals surface area contributed by atoms with Gasteiger partial charge in [0.1, 0.15) is 0 Å². The van der Waals surface area contributed by atoms with Crippen molar-refractivity contribution in [2.75, 3.05) is 20.8 Å². The van der Waals surface area contributed by atoms with Crippen molar-refractivity contribution in [3.63, 3.8) is 0 Å². The van der Waals surface area contributed by atoms with E-state index in [1.165, 1.54) is 11.8 Å². The molecule has 2 aliphatic heterocycles. The number of pyridine rings is 1. The predicted molar refractivity (Wildman–Crippen MR) is 137 cm³/mol. The van der Waals surface area contributed by atoms with Gasteiger partial charge in [0.05, 0.1) is 44.6 Å². The van der Waals surface area contributed by atoms with Crippen molar-refractivity contribution in [2.24, 2.45) is 4.99 Å². The zero-order valence-electron chi connectivity index (χ0n) is 20.6. The third-order valence-corrected chi connectivity index (χ3v) is 6.66. The van der Waals surface area contributed by atoms with Gasteiger partial charge in [-0.25, -0.2) is 9.79 Å². The summed E-state index contributed by atoms with van der Waals surface area (Å²) in [4.78, 5) is 36.6. The number of thioether (sulfide) groups is 1. The first kappa shape index (κ1) is 25.3. The van der Waals surface area contributed by atoms with E-state index in [2.05, 4.69) is 15.3 Å². The van der Waals surface area contributed by atoms with Crippen LogP contribution < -0.4 is 14.8 Å². The standard InChI is InChI=1S/C26H28N4O5S/c1-5-35-25(32)23-16(2)29-26-30(24(23)18-8-9-20(33-3)21(11-18)34-4)19(15-36-26)12-22(31)28-14-17-7-6-10-27-13-17/h6-11,13,15,24H,5,12,14H2,1-4H3,(H,28,31). The first-order chi connectivity index (χ1) is 17.5. The SMILES string of the molecule is CCOC(=O)C1=C(C)N=C2SC=C(CC(=O)NCc3cccnc3)N2C1c1ccc(OC)c(OC)c1. The second-order valence-electron chi connectivity index (χ2n) is 8.04. The number of hydrogen-bond acceptors (Lipinski definition) is 9. The average molecular weight is 509 g/mol. The lowest BCUT2D eigenvalue weighted by Gasteiger charge is -2.36. The number of methoxy groups -OCH3 is 2. The molecule has 0 radical (unpaired) electrons. The largest absolute Gasteiger partial charge is 0.493 e. The number of ether oxygens (including phenoxy) is 3. The summed E-state index contributed by atoms with van der Waals surface area (Å²) >= 11 is 1.42. The van der Waals surface area contributed by atoms with Crippen molar-refractivity contribution >= 4 is 28.8 Å². The van der Waals surface area contributed by atoms with E-state index in [0.29, 0.717) is 34.5 Å². The molecule has 0 saturated carbocycles. The van der Waals surface area contributed by atoms with Gasteiger partial charge in [-0.15, -0.1) is 0 Å². The smallest absolute Gasteiger partial charge is 0.338 e. The quantitative estimate of drug-likeness (QED) is 0.508. The maximum absolute atomic E-state index is 13.1. The molecule has 0 spiro atoms. The number of fused-ring (bicyclic) bond motifs is 1. The Balaban J connectivity index is 1.66. The number of carbonyl (C=O) groups is 2. The number of aliphatic imine (C=N–C) groups is 1. The summed E-state index contributed by atoms with van der Waals surface area (Å²) in [5.74, 6) is 0.508. The van der Waals surface area contributed by atoms with Gasteiger partial charge in [-0.2, -0.15) is 0 Å². The molecule has 1 N–H and O–H groups in total. The van der Waals surface area contributed by atoms with Crippen molar-refractivity contribution < 1.29 is 23.8 Å². The molecule has 0 aliphatic carbocycles. The number of amides is 1. The topological polar surface area (TPSA) is 102 Å².